The number of likely N-dealkylation sites (tertiary alicyclic amines) is 1. The molecule has 2 fully saturated rings. The molecule has 25 heteroatoms. The second-order valence-corrected chi connectivity index (χ2v) is 29.0. The SMILES string of the molecule is CCOCCCC(=O)CCC(CCC(=O)CCCOCC)(CCC(=O)CCCOCCOCCOCCOC1O[C@H](COC(C)=O)[C@H](C)[C@H](OC(C)=O)[C@H]1NC(C)=O)NC(=O)CCC(=O)CCCCCCCCCCC(=O)NCCCCCCCCCCCC(=O)N1C[C@](C)(CO)[C@](C)(COC)C1. The van der Waals surface area contributed by atoms with Gasteiger partial charge in [-0.05, 0) is 78.1 Å². The molecule has 2 saturated heterocycles. The van der Waals surface area contributed by atoms with E-state index in [1.165, 1.54) is 40.0 Å². The Balaban J connectivity index is 1.71. The highest BCUT2D eigenvalue weighted by Gasteiger charge is 2.53. The molecule has 2 rings (SSSR count). The zero-order valence-corrected chi connectivity index (χ0v) is 65.0. The molecule has 0 radical (unpaired) electrons. The third-order valence-electron chi connectivity index (χ3n) is 20.0. The number of unbranched alkanes of at least 4 members (excludes halogenated alkanes) is 15. The van der Waals surface area contributed by atoms with Crippen LogP contribution in [0.2, 0.25) is 0 Å². The van der Waals surface area contributed by atoms with Gasteiger partial charge in [-0.2, -0.15) is 0 Å². The number of methoxy groups -OCH3 is 1. The number of Topliss-reactive ketones (excluding diaryl/α,β-unsaturated/α-hetero) is 4. The Labute approximate surface area is 617 Å². The van der Waals surface area contributed by atoms with Gasteiger partial charge in [0.15, 0.2) is 6.29 Å². The number of hydrogen-bond acceptors (Lipinski definition) is 21. The summed E-state index contributed by atoms with van der Waals surface area (Å²) < 4.78 is 56.2. The van der Waals surface area contributed by atoms with E-state index < -0.39 is 47.9 Å². The summed E-state index contributed by atoms with van der Waals surface area (Å²) in [6.07, 6.45) is 20.1. The van der Waals surface area contributed by atoms with Crippen molar-refractivity contribution in [2.75, 3.05) is 119 Å². The molecule has 103 heavy (non-hydrogen) atoms. The van der Waals surface area contributed by atoms with Gasteiger partial charge in [0.05, 0.1) is 52.9 Å². The van der Waals surface area contributed by atoms with Crippen LogP contribution in [-0.4, -0.2) is 218 Å². The third-order valence-corrected chi connectivity index (χ3v) is 20.0. The van der Waals surface area contributed by atoms with Crippen LogP contribution in [0.1, 0.15) is 274 Å². The Kier molecular flexibility index (Phi) is 52.4. The number of ketones is 4. The lowest BCUT2D eigenvalue weighted by Gasteiger charge is -2.44. The molecule has 4 N–H and O–H groups in total. The maximum Gasteiger partial charge on any atom is 0.302 e. The molecule has 0 aromatic heterocycles. The molecule has 1 unspecified atom stereocenters. The molecule has 0 saturated carbocycles. The van der Waals surface area contributed by atoms with Crippen molar-refractivity contribution in [2.24, 2.45) is 16.7 Å². The van der Waals surface area contributed by atoms with E-state index in [-0.39, 0.29) is 168 Å². The first-order valence-corrected chi connectivity index (χ1v) is 39.2. The molecule has 2 aliphatic rings. The third kappa shape index (κ3) is 43.5. The molecule has 0 aromatic carbocycles. The van der Waals surface area contributed by atoms with Gasteiger partial charge >= 0.3 is 11.9 Å². The maximum atomic E-state index is 13.9. The van der Waals surface area contributed by atoms with Gasteiger partial charge < -0.3 is 73.3 Å². The van der Waals surface area contributed by atoms with Crippen molar-refractivity contribution >= 4 is 58.7 Å². The van der Waals surface area contributed by atoms with Gasteiger partial charge in [-0.3, -0.25) is 47.9 Å². The first-order chi connectivity index (χ1) is 49.5. The molecule has 25 nitrogen and oxygen atoms in total. The van der Waals surface area contributed by atoms with E-state index in [0.717, 1.165) is 89.9 Å². The number of carbonyl (C=O) groups is 10. The lowest BCUT2D eigenvalue weighted by molar-refractivity contribution is -0.262. The van der Waals surface area contributed by atoms with Crippen LogP contribution >= 0.6 is 0 Å². The van der Waals surface area contributed by atoms with Crippen LogP contribution in [0.4, 0.5) is 0 Å². The van der Waals surface area contributed by atoms with Crippen LogP contribution in [0.25, 0.3) is 0 Å². The van der Waals surface area contributed by atoms with Crippen molar-refractivity contribution < 1.29 is 100 Å². The van der Waals surface area contributed by atoms with Crippen molar-refractivity contribution in [3.63, 3.8) is 0 Å². The second kappa shape index (κ2) is 57.3. The van der Waals surface area contributed by atoms with E-state index in [4.69, 9.17) is 47.4 Å². The van der Waals surface area contributed by atoms with Crippen LogP contribution in [0.5, 0.6) is 0 Å². The Hall–Kier alpha value is -4.86. The number of carbonyl (C=O) groups excluding carboxylic acids is 10. The van der Waals surface area contributed by atoms with Gasteiger partial charge in [0.1, 0.15) is 48.0 Å². The maximum absolute atomic E-state index is 13.9. The van der Waals surface area contributed by atoms with E-state index in [9.17, 15) is 53.1 Å². The highest BCUT2D eigenvalue weighted by atomic mass is 16.7. The van der Waals surface area contributed by atoms with Crippen molar-refractivity contribution in [1.82, 2.24) is 20.9 Å². The fraction of sp³-hybridized carbons (Fsp3) is 0.872. The quantitative estimate of drug-likeness (QED) is 0.0325. The van der Waals surface area contributed by atoms with Crippen LogP contribution in [-0.2, 0) is 95.3 Å². The van der Waals surface area contributed by atoms with Crippen LogP contribution in [0, 0.1) is 16.7 Å². The van der Waals surface area contributed by atoms with Crippen LogP contribution in [0.3, 0.4) is 0 Å². The Bertz CT molecular complexity index is 2370. The van der Waals surface area contributed by atoms with Crippen molar-refractivity contribution in [2.45, 2.75) is 304 Å². The summed E-state index contributed by atoms with van der Waals surface area (Å²) in [7, 11) is 1.67. The lowest BCUT2D eigenvalue weighted by Crippen LogP contribution is -2.63. The zero-order chi connectivity index (χ0) is 76.0. The van der Waals surface area contributed by atoms with Crippen molar-refractivity contribution in [1.29, 1.82) is 0 Å². The summed E-state index contributed by atoms with van der Waals surface area (Å²) in [5, 5.41) is 19.1. The smallest absolute Gasteiger partial charge is 0.302 e. The monoisotopic (exact) mass is 1470 g/mol. The topological polar surface area (TPSA) is 323 Å². The molecule has 2 heterocycles. The average molecular weight is 1470 g/mol. The number of amides is 4. The highest BCUT2D eigenvalue weighted by molar-refractivity contribution is 5.86. The largest absolute Gasteiger partial charge is 0.463 e. The van der Waals surface area contributed by atoms with Gasteiger partial charge in [-0.25, -0.2) is 0 Å². The van der Waals surface area contributed by atoms with Gasteiger partial charge in [-0.1, -0.05) is 104 Å². The first-order valence-electron chi connectivity index (χ1n) is 39.2. The minimum atomic E-state index is -1.03. The van der Waals surface area contributed by atoms with Crippen LogP contribution < -0.4 is 16.0 Å². The summed E-state index contributed by atoms with van der Waals surface area (Å²) in [6, 6.07) is -0.829. The number of aliphatic hydroxyl groups is 1. The van der Waals surface area contributed by atoms with Gasteiger partial charge in [0, 0.05) is 173 Å². The number of ether oxygens (including phenoxy) is 10. The van der Waals surface area contributed by atoms with E-state index >= 15 is 0 Å². The molecule has 0 aromatic rings. The normalized spacial score (nSPS) is 19.6. The second-order valence-electron chi connectivity index (χ2n) is 29.0. The molecular formula is C78H138N4O21. The molecule has 7 atom stereocenters. The van der Waals surface area contributed by atoms with Crippen molar-refractivity contribution in [3.8, 4) is 0 Å². The lowest BCUT2D eigenvalue weighted by atomic mass is 9.69. The summed E-state index contributed by atoms with van der Waals surface area (Å²) in [5.74, 6) is -1.96. The summed E-state index contributed by atoms with van der Waals surface area (Å²) in [4.78, 5) is 130. The van der Waals surface area contributed by atoms with Crippen molar-refractivity contribution in [3.05, 3.63) is 0 Å². The first kappa shape index (κ1) is 94.2. The zero-order valence-electron chi connectivity index (χ0n) is 65.0. The number of rotatable bonds is 67. The summed E-state index contributed by atoms with van der Waals surface area (Å²) in [5.41, 5.74) is -1.65. The predicted octanol–water partition coefficient (Wildman–Crippen LogP) is 10.5. The number of nitrogens with zero attached hydrogens (tertiary/aromatic N) is 1. The Morgan fingerprint density at radius 2 is 0.951 bits per heavy atom. The Morgan fingerprint density at radius 3 is 1.44 bits per heavy atom. The molecular weight excluding hydrogens is 1330 g/mol. The van der Waals surface area contributed by atoms with Gasteiger partial charge in [-0.15, -0.1) is 0 Å². The molecule has 0 aliphatic carbocycles. The Morgan fingerprint density at radius 1 is 0.505 bits per heavy atom. The fourth-order valence-electron chi connectivity index (χ4n) is 13.4. The van der Waals surface area contributed by atoms with E-state index in [1.54, 1.807) is 14.0 Å². The summed E-state index contributed by atoms with van der Waals surface area (Å²) >= 11 is 0. The number of aliphatic hydroxyl groups excluding tert-OH is 1. The molecule has 0 spiro atoms. The van der Waals surface area contributed by atoms with Gasteiger partial charge in [0.2, 0.25) is 23.6 Å². The number of hydrogen-bond donors (Lipinski definition) is 4. The number of nitrogens with one attached hydrogen (secondary N) is 3. The van der Waals surface area contributed by atoms with Crippen LogP contribution in [0.15, 0.2) is 0 Å². The van der Waals surface area contributed by atoms with E-state index in [2.05, 4.69) is 22.9 Å². The predicted molar refractivity (Wildman–Crippen MR) is 392 cm³/mol. The molecule has 0 bridgehead atoms. The molecule has 2 aliphatic heterocycles. The minimum absolute atomic E-state index is 0.00136. The standard InChI is InChI=1S/C78H138N4O21/c1-10-95-47-29-33-66(88)40-43-78(44-41-67(89)34-30-48-96-11-2,45-42-68(90)35-31-49-97-50-51-98-52-53-99-54-55-100-75-73(80-62(4)84)74(102-64(6)86)61(3)69(103-75)56-101-63(5)85)81-71(92)39-38-65(87)32-25-21-17-14-15-18-22-26-36-70(91)79-46-28-24-20-16-12-13-19-23-27-37-72(93)82-57-76(7,59-83)77(8,58-82)60-94-9/h61,69,73-75,83H,10-60H2,1-9H3,(H,79,91)(H,80,84)(H,81,92)/t61-,69+,73+,74-,75?,76+,77-/m0/s1. The fourth-order valence-corrected chi connectivity index (χ4v) is 13.4. The van der Waals surface area contributed by atoms with E-state index in [0.29, 0.717) is 111 Å². The summed E-state index contributed by atoms with van der Waals surface area (Å²) in [6.45, 7) is 19.5. The molecule has 4 amide bonds. The highest BCUT2D eigenvalue weighted by Crippen LogP contribution is 2.46. The number of esters is 2. The minimum Gasteiger partial charge on any atom is -0.463 e. The average Bonchev–Trinajstić information content (AvgIpc) is 1.65. The molecule has 596 valence electrons. The van der Waals surface area contributed by atoms with E-state index in [1.807, 2.05) is 25.7 Å². The van der Waals surface area contributed by atoms with Gasteiger partial charge in [0.25, 0.3) is 0 Å².